The molecule has 0 aliphatic heterocycles. The number of anilines is 1. The van der Waals surface area contributed by atoms with Gasteiger partial charge in [0, 0.05) is 12.1 Å². The summed E-state index contributed by atoms with van der Waals surface area (Å²) in [7, 11) is 1.42. The highest BCUT2D eigenvalue weighted by molar-refractivity contribution is 9.10. The number of nitrogens with one attached hydrogen (secondary N) is 1. The summed E-state index contributed by atoms with van der Waals surface area (Å²) in [5.41, 5.74) is 1.21. The van der Waals surface area contributed by atoms with Crippen LogP contribution in [-0.4, -0.2) is 24.5 Å². The Labute approximate surface area is 153 Å². The smallest absolute Gasteiger partial charge is 0.271 e. The number of nitro groups is 1. The third kappa shape index (κ3) is 4.93. The minimum atomic E-state index is -0.544. The van der Waals surface area contributed by atoms with E-state index in [1.165, 1.54) is 25.3 Å². The Hall–Kier alpha value is -2.61. The Bertz CT molecular complexity index is 795. The van der Waals surface area contributed by atoms with Gasteiger partial charge in [-0.2, -0.15) is 0 Å². The van der Waals surface area contributed by atoms with Crippen LogP contribution in [0.1, 0.15) is 12.5 Å². The third-order valence-corrected chi connectivity index (χ3v) is 4.05. The SMILES string of the molecule is CCc1ccc(OCC(=O)Nc2cc([N+](=O)[O-])ccc2OC)c(Br)c1. The highest BCUT2D eigenvalue weighted by atomic mass is 79.9. The summed E-state index contributed by atoms with van der Waals surface area (Å²) < 4.78 is 11.3. The van der Waals surface area contributed by atoms with Crippen molar-refractivity contribution in [3.63, 3.8) is 0 Å². The molecule has 2 rings (SSSR count). The molecule has 0 radical (unpaired) electrons. The number of carbonyl (C=O) groups excluding carboxylic acids is 1. The zero-order valence-corrected chi connectivity index (χ0v) is 15.3. The number of hydrogen-bond acceptors (Lipinski definition) is 5. The van der Waals surface area contributed by atoms with E-state index >= 15 is 0 Å². The van der Waals surface area contributed by atoms with Crippen molar-refractivity contribution in [2.75, 3.05) is 19.0 Å². The first-order valence-corrected chi connectivity index (χ1v) is 8.27. The lowest BCUT2D eigenvalue weighted by Crippen LogP contribution is -2.20. The van der Waals surface area contributed by atoms with Crippen LogP contribution in [-0.2, 0) is 11.2 Å². The molecule has 132 valence electrons. The second kappa shape index (κ2) is 8.48. The molecule has 0 aromatic heterocycles. The third-order valence-electron chi connectivity index (χ3n) is 3.43. The topological polar surface area (TPSA) is 90.7 Å². The molecule has 0 saturated heterocycles. The number of carbonyl (C=O) groups is 1. The maximum atomic E-state index is 12.1. The fourth-order valence-electron chi connectivity index (χ4n) is 2.12. The van der Waals surface area contributed by atoms with Gasteiger partial charge in [-0.15, -0.1) is 0 Å². The first kappa shape index (κ1) is 18.7. The van der Waals surface area contributed by atoms with Crippen molar-refractivity contribution in [1.82, 2.24) is 0 Å². The molecule has 1 amide bonds. The Morgan fingerprint density at radius 3 is 2.56 bits per heavy atom. The highest BCUT2D eigenvalue weighted by Crippen LogP contribution is 2.29. The van der Waals surface area contributed by atoms with Crippen LogP contribution in [0.5, 0.6) is 11.5 Å². The number of halogens is 1. The summed E-state index contributed by atoms with van der Waals surface area (Å²) >= 11 is 3.40. The van der Waals surface area contributed by atoms with Crippen LogP contribution >= 0.6 is 15.9 Å². The first-order valence-electron chi connectivity index (χ1n) is 7.48. The van der Waals surface area contributed by atoms with Crippen LogP contribution in [0.4, 0.5) is 11.4 Å². The summed E-state index contributed by atoms with van der Waals surface area (Å²) in [6, 6.07) is 9.59. The minimum Gasteiger partial charge on any atom is -0.495 e. The molecular weight excluding hydrogens is 392 g/mol. The van der Waals surface area contributed by atoms with Crippen molar-refractivity contribution in [1.29, 1.82) is 0 Å². The summed E-state index contributed by atoms with van der Waals surface area (Å²) in [6.45, 7) is 1.80. The van der Waals surface area contributed by atoms with E-state index in [0.29, 0.717) is 11.5 Å². The van der Waals surface area contributed by atoms with E-state index in [9.17, 15) is 14.9 Å². The maximum absolute atomic E-state index is 12.1. The van der Waals surface area contributed by atoms with E-state index in [0.717, 1.165) is 16.5 Å². The maximum Gasteiger partial charge on any atom is 0.271 e. The fraction of sp³-hybridized carbons (Fsp3) is 0.235. The van der Waals surface area contributed by atoms with Gasteiger partial charge in [-0.3, -0.25) is 14.9 Å². The second-order valence-corrected chi connectivity index (χ2v) is 5.95. The number of non-ortho nitro benzene ring substituents is 1. The second-order valence-electron chi connectivity index (χ2n) is 5.10. The highest BCUT2D eigenvalue weighted by Gasteiger charge is 2.14. The summed E-state index contributed by atoms with van der Waals surface area (Å²) in [5, 5.41) is 13.4. The van der Waals surface area contributed by atoms with Crippen molar-refractivity contribution in [2.24, 2.45) is 0 Å². The van der Waals surface area contributed by atoms with Gasteiger partial charge >= 0.3 is 0 Å². The van der Waals surface area contributed by atoms with Crippen molar-refractivity contribution in [2.45, 2.75) is 13.3 Å². The van der Waals surface area contributed by atoms with Gasteiger partial charge in [-0.25, -0.2) is 0 Å². The van der Waals surface area contributed by atoms with Crippen LogP contribution in [0.25, 0.3) is 0 Å². The Balaban J connectivity index is 2.05. The molecule has 0 heterocycles. The fourth-order valence-corrected chi connectivity index (χ4v) is 2.66. The number of nitrogens with zero attached hydrogens (tertiary/aromatic N) is 1. The van der Waals surface area contributed by atoms with Crippen molar-refractivity contribution >= 4 is 33.2 Å². The van der Waals surface area contributed by atoms with Gasteiger partial charge in [0.2, 0.25) is 0 Å². The molecule has 8 heteroatoms. The van der Waals surface area contributed by atoms with Gasteiger partial charge in [0.15, 0.2) is 6.61 Å². The Morgan fingerprint density at radius 1 is 1.24 bits per heavy atom. The lowest BCUT2D eigenvalue weighted by molar-refractivity contribution is -0.384. The molecule has 7 nitrogen and oxygen atoms in total. The van der Waals surface area contributed by atoms with Crippen molar-refractivity contribution < 1.29 is 19.2 Å². The summed E-state index contributed by atoms with van der Waals surface area (Å²) in [4.78, 5) is 22.4. The molecule has 0 aliphatic rings. The van der Waals surface area contributed by atoms with Gasteiger partial charge in [0.25, 0.3) is 11.6 Å². The van der Waals surface area contributed by atoms with Crippen LogP contribution in [0, 0.1) is 10.1 Å². The molecule has 0 bridgehead atoms. The van der Waals surface area contributed by atoms with Gasteiger partial charge in [-0.1, -0.05) is 13.0 Å². The number of rotatable bonds is 7. The molecule has 1 N–H and O–H groups in total. The molecule has 2 aromatic rings. The van der Waals surface area contributed by atoms with Gasteiger partial charge in [0.05, 0.1) is 22.2 Å². The molecule has 0 atom stereocenters. The average Bonchev–Trinajstić information content (AvgIpc) is 2.60. The molecular formula is C17H17BrN2O5. The number of amides is 1. The predicted octanol–water partition coefficient (Wildman–Crippen LogP) is 3.95. The van der Waals surface area contributed by atoms with Crippen LogP contribution in [0.2, 0.25) is 0 Å². The lowest BCUT2D eigenvalue weighted by Gasteiger charge is -2.12. The number of nitro benzene ring substituents is 1. The number of ether oxygens (including phenoxy) is 2. The summed E-state index contributed by atoms with van der Waals surface area (Å²) in [6.07, 6.45) is 0.895. The van der Waals surface area contributed by atoms with E-state index in [2.05, 4.69) is 21.2 Å². The first-order chi connectivity index (χ1) is 11.9. The zero-order chi connectivity index (χ0) is 18.4. The molecule has 2 aromatic carbocycles. The Morgan fingerprint density at radius 2 is 1.96 bits per heavy atom. The zero-order valence-electron chi connectivity index (χ0n) is 13.7. The number of benzene rings is 2. The molecule has 0 fully saturated rings. The number of aryl methyl sites for hydroxylation is 1. The predicted molar refractivity (Wildman–Crippen MR) is 97.3 cm³/mol. The summed E-state index contributed by atoms with van der Waals surface area (Å²) in [5.74, 6) is 0.413. The number of hydrogen-bond donors (Lipinski definition) is 1. The van der Waals surface area contributed by atoms with Gasteiger partial charge in [-0.05, 0) is 46.1 Å². The standard InChI is InChI=1S/C17H17BrN2O5/c1-3-11-4-6-15(13(18)8-11)25-10-17(21)19-14-9-12(20(22)23)5-7-16(14)24-2/h4-9H,3,10H2,1-2H3,(H,19,21). The van der Waals surface area contributed by atoms with Crippen LogP contribution < -0.4 is 14.8 Å². The lowest BCUT2D eigenvalue weighted by atomic mass is 10.2. The average molecular weight is 409 g/mol. The molecule has 0 aliphatic carbocycles. The van der Waals surface area contributed by atoms with Crippen LogP contribution in [0.15, 0.2) is 40.9 Å². The van der Waals surface area contributed by atoms with E-state index in [1.807, 2.05) is 19.1 Å². The molecule has 25 heavy (non-hydrogen) atoms. The van der Waals surface area contributed by atoms with Crippen molar-refractivity contribution in [3.05, 3.63) is 56.5 Å². The molecule has 0 spiro atoms. The van der Waals surface area contributed by atoms with Crippen molar-refractivity contribution in [3.8, 4) is 11.5 Å². The van der Waals surface area contributed by atoms with E-state index in [4.69, 9.17) is 9.47 Å². The van der Waals surface area contributed by atoms with Crippen LogP contribution in [0.3, 0.4) is 0 Å². The van der Waals surface area contributed by atoms with E-state index in [-0.39, 0.29) is 18.0 Å². The largest absolute Gasteiger partial charge is 0.495 e. The van der Waals surface area contributed by atoms with Gasteiger partial charge < -0.3 is 14.8 Å². The molecule has 0 unspecified atom stereocenters. The quantitative estimate of drug-likeness (QED) is 0.553. The molecule has 0 saturated carbocycles. The minimum absolute atomic E-state index is 0.144. The Kier molecular flexibility index (Phi) is 6.35. The van der Waals surface area contributed by atoms with E-state index < -0.39 is 10.8 Å². The number of methoxy groups -OCH3 is 1. The normalized spacial score (nSPS) is 10.2. The monoisotopic (exact) mass is 408 g/mol. The van der Waals surface area contributed by atoms with E-state index in [1.54, 1.807) is 6.07 Å². The van der Waals surface area contributed by atoms with Gasteiger partial charge in [0.1, 0.15) is 11.5 Å².